The molecule has 108 valence electrons. The van der Waals surface area contributed by atoms with Crippen molar-refractivity contribution in [1.29, 1.82) is 0 Å². The van der Waals surface area contributed by atoms with E-state index < -0.39 is 29.3 Å². The van der Waals surface area contributed by atoms with E-state index in [2.05, 4.69) is 15.6 Å². The molecule has 1 aromatic carbocycles. The van der Waals surface area contributed by atoms with Gasteiger partial charge in [0.05, 0.1) is 5.56 Å². The monoisotopic (exact) mass is 292 g/mol. The van der Waals surface area contributed by atoms with E-state index in [4.69, 9.17) is 5.73 Å². The number of hydrogen-bond donors (Lipinski definition) is 3. The number of nitrogens with two attached hydrogens (primary N) is 1. The zero-order chi connectivity index (χ0) is 15.4. The second-order valence-electron chi connectivity index (χ2n) is 3.99. The summed E-state index contributed by atoms with van der Waals surface area (Å²) in [5.74, 6) is -3.53. The lowest BCUT2D eigenvalue weighted by molar-refractivity contribution is 0.102. The van der Waals surface area contributed by atoms with E-state index in [1.807, 2.05) is 0 Å². The summed E-state index contributed by atoms with van der Waals surface area (Å²) in [6.45, 7) is 0. The van der Waals surface area contributed by atoms with Gasteiger partial charge in [-0.15, -0.1) is 0 Å². The van der Waals surface area contributed by atoms with Crippen LogP contribution in [0.25, 0.3) is 0 Å². The molecule has 1 heterocycles. The minimum Gasteiger partial charge on any atom is -0.351 e. The first kappa shape index (κ1) is 14.4. The van der Waals surface area contributed by atoms with E-state index in [1.165, 1.54) is 12.1 Å². The van der Waals surface area contributed by atoms with Crippen LogP contribution in [0.3, 0.4) is 0 Å². The van der Waals surface area contributed by atoms with Gasteiger partial charge in [0.1, 0.15) is 0 Å². The molecule has 0 aliphatic heterocycles. The number of rotatable bonds is 3. The molecule has 0 radical (unpaired) electrons. The first-order chi connectivity index (χ1) is 9.97. The van der Waals surface area contributed by atoms with Crippen molar-refractivity contribution in [1.82, 2.24) is 4.98 Å². The minimum absolute atomic E-state index is 0.280. The number of amides is 3. The highest BCUT2D eigenvalue weighted by molar-refractivity contribution is 6.04. The Kier molecular flexibility index (Phi) is 4.07. The number of primary amides is 1. The summed E-state index contributed by atoms with van der Waals surface area (Å²) >= 11 is 0. The second kappa shape index (κ2) is 5.95. The molecule has 0 aliphatic carbocycles. The maximum Gasteiger partial charge on any atom is 0.316 e. The normalized spacial score (nSPS) is 10.0. The third kappa shape index (κ3) is 3.50. The summed E-state index contributed by atoms with van der Waals surface area (Å²) < 4.78 is 26.4. The third-order valence-electron chi connectivity index (χ3n) is 2.48. The van der Waals surface area contributed by atoms with Gasteiger partial charge in [0, 0.05) is 17.6 Å². The lowest BCUT2D eigenvalue weighted by Crippen LogP contribution is -2.19. The Morgan fingerprint density at radius 3 is 2.43 bits per heavy atom. The predicted octanol–water partition coefficient (Wildman–Crippen LogP) is 2.10. The first-order valence-corrected chi connectivity index (χ1v) is 5.75. The summed E-state index contributed by atoms with van der Waals surface area (Å²) in [4.78, 5) is 25.7. The van der Waals surface area contributed by atoms with E-state index in [9.17, 15) is 18.4 Å². The Morgan fingerprint density at radius 1 is 1.10 bits per heavy atom. The van der Waals surface area contributed by atoms with Crippen LogP contribution in [-0.4, -0.2) is 16.9 Å². The Morgan fingerprint density at radius 2 is 1.76 bits per heavy atom. The van der Waals surface area contributed by atoms with Crippen LogP contribution in [0.15, 0.2) is 36.5 Å². The Labute approximate surface area is 118 Å². The lowest BCUT2D eigenvalue weighted by Gasteiger charge is -2.08. The maximum absolute atomic E-state index is 13.4. The lowest BCUT2D eigenvalue weighted by atomic mass is 10.2. The van der Waals surface area contributed by atoms with Gasteiger partial charge in [0.2, 0.25) is 5.95 Å². The van der Waals surface area contributed by atoms with E-state index in [-0.39, 0.29) is 5.69 Å². The van der Waals surface area contributed by atoms with Crippen molar-refractivity contribution in [3.8, 4) is 0 Å². The highest BCUT2D eigenvalue weighted by atomic mass is 19.2. The fourth-order valence-electron chi connectivity index (χ4n) is 1.61. The van der Waals surface area contributed by atoms with E-state index in [0.717, 1.165) is 12.3 Å². The van der Waals surface area contributed by atoms with Gasteiger partial charge in [-0.25, -0.2) is 14.2 Å². The molecule has 2 rings (SSSR count). The van der Waals surface area contributed by atoms with Crippen LogP contribution < -0.4 is 16.4 Å². The minimum atomic E-state index is -1.35. The number of pyridine rings is 1. The zero-order valence-corrected chi connectivity index (χ0v) is 10.6. The Bertz CT molecular complexity index is 706. The summed E-state index contributed by atoms with van der Waals surface area (Å²) in [7, 11) is 0. The number of carbonyl (C=O) groups excluding carboxylic acids is 2. The van der Waals surface area contributed by atoms with Crippen LogP contribution in [0.1, 0.15) is 10.4 Å². The number of urea groups is 1. The predicted molar refractivity (Wildman–Crippen MR) is 71.8 cm³/mol. The van der Waals surface area contributed by atoms with Gasteiger partial charge >= 0.3 is 6.03 Å². The van der Waals surface area contributed by atoms with Gasteiger partial charge in [0.15, 0.2) is 5.82 Å². The van der Waals surface area contributed by atoms with Crippen molar-refractivity contribution >= 4 is 23.3 Å². The fraction of sp³-hybridized carbons (Fsp3) is 0. The smallest absolute Gasteiger partial charge is 0.316 e. The van der Waals surface area contributed by atoms with Crippen molar-refractivity contribution in [2.24, 2.45) is 5.73 Å². The molecule has 0 unspecified atom stereocenters. The molecule has 0 bridgehead atoms. The Balaban J connectivity index is 2.20. The van der Waals surface area contributed by atoms with Crippen molar-refractivity contribution in [3.63, 3.8) is 0 Å². The van der Waals surface area contributed by atoms with Crippen LogP contribution in [-0.2, 0) is 0 Å². The summed E-state index contributed by atoms with van der Waals surface area (Å²) in [6.07, 6.45) is 0.985. The number of hydrogen-bond acceptors (Lipinski definition) is 3. The number of aromatic nitrogens is 1. The standard InChI is InChI=1S/C13H10F2N4O2/c14-10-9(4-5-17-11(10)15)12(20)18-7-2-1-3-8(6-7)19-13(16)21/h1-6H,(H,18,20)(H3,16,19,21). The number of benzene rings is 1. The van der Waals surface area contributed by atoms with Gasteiger partial charge < -0.3 is 16.4 Å². The quantitative estimate of drug-likeness (QED) is 0.756. The third-order valence-corrected chi connectivity index (χ3v) is 2.48. The highest BCUT2D eigenvalue weighted by Crippen LogP contribution is 2.17. The van der Waals surface area contributed by atoms with Crippen LogP contribution in [0.4, 0.5) is 25.0 Å². The molecule has 21 heavy (non-hydrogen) atoms. The average Bonchev–Trinajstić information content (AvgIpc) is 2.41. The number of halogens is 2. The summed E-state index contributed by atoms with van der Waals surface area (Å²) in [6, 6.07) is 6.31. The van der Waals surface area contributed by atoms with E-state index in [0.29, 0.717) is 5.69 Å². The van der Waals surface area contributed by atoms with E-state index >= 15 is 0 Å². The maximum atomic E-state index is 13.4. The molecule has 0 fully saturated rings. The topological polar surface area (TPSA) is 97.1 Å². The van der Waals surface area contributed by atoms with Crippen LogP contribution in [0, 0.1) is 11.8 Å². The van der Waals surface area contributed by atoms with Gasteiger partial charge in [-0.2, -0.15) is 4.39 Å². The zero-order valence-electron chi connectivity index (χ0n) is 10.6. The van der Waals surface area contributed by atoms with Gasteiger partial charge in [-0.3, -0.25) is 4.79 Å². The molecule has 1 aromatic heterocycles. The molecule has 3 amide bonds. The van der Waals surface area contributed by atoms with Crippen molar-refractivity contribution < 1.29 is 18.4 Å². The van der Waals surface area contributed by atoms with Gasteiger partial charge in [0.25, 0.3) is 5.91 Å². The first-order valence-electron chi connectivity index (χ1n) is 5.75. The van der Waals surface area contributed by atoms with Crippen LogP contribution in [0.5, 0.6) is 0 Å². The van der Waals surface area contributed by atoms with Crippen molar-refractivity contribution in [2.75, 3.05) is 10.6 Å². The number of anilines is 2. The molecule has 2 aromatic rings. The second-order valence-corrected chi connectivity index (χ2v) is 3.99. The van der Waals surface area contributed by atoms with Gasteiger partial charge in [-0.1, -0.05) is 6.07 Å². The molecule has 6 nitrogen and oxygen atoms in total. The Hall–Kier alpha value is -3.03. The van der Waals surface area contributed by atoms with Gasteiger partial charge in [-0.05, 0) is 24.3 Å². The molecule has 8 heteroatoms. The number of carbonyl (C=O) groups is 2. The molecule has 4 N–H and O–H groups in total. The largest absolute Gasteiger partial charge is 0.351 e. The van der Waals surface area contributed by atoms with Crippen molar-refractivity contribution in [2.45, 2.75) is 0 Å². The van der Waals surface area contributed by atoms with Crippen LogP contribution >= 0.6 is 0 Å². The molecule has 0 saturated heterocycles. The SMILES string of the molecule is NC(=O)Nc1cccc(NC(=O)c2ccnc(F)c2F)c1. The molecule has 0 aliphatic rings. The number of nitrogens with zero attached hydrogens (tertiary/aromatic N) is 1. The molecule has 0 saturated carbocycles. The molecular formula is C13H10F2N4O2. The fourth-order valence-corrected chi connectivity index (χ4v) is 1.61. The van der Waals surface area contributed by atoms with Crippen LogP contribution in [0.2, 0.25) is 0 Å². The molecule has 0 atom stereocenters. The molecule has 0 spiro atoms. The summed E-state index contributed by atoms with van der Waals surface area (Å²) in [5.41, 5.74) is 5.12. The average molecular weight is 292 g/mol. The number of nitrogens with one attached hydrogen (secondary N) is 2. The van der Waals surface area contributed by atoms with E-state index in [1.54, 1.807) is 12.1 Å². The molecular weight excluding hydrogens is 282 g/mol. The van der Waals surface area contributed by atoms with Crippen molar-refractivity contribution in [3.05, 3.63) is 53.9 Å². The summed E-state index contributed by atoms with van der Waals surface area (Å²) in [5, 5.41) is 4.70. The highest BCUT2D eigenvalue weighted by Gasteiger charge is 2.16.